The van der Waals surface area contributed by atoms with Crippen LogP contribution in [0.4, 0.5) is 16.2 Å². The van der Waals surface area contributed by atoms with Crippen molar-refractivity contribution in [2.24, 2.45) is 0 Å². The maximum absolute atomic E-state index is 14.0. The monoisotopic (exact) mass is 458 g/mol. The third kappa shape index (κ3) is 2.71. The summed E-state index contributed by atoms with van der Waals surface area (Å²) in [5.41, 5.74) is 1.25. The number of quaternary nitrogens is 1. The van der Waals surface area contributed by atoms with Crippen molar-refractivity contribution < 1.29 is 29.0 Å². The van der Waals surface area contributed by atoms with Crippen LogP contribution in [-0.2, 0) is 16.0 Å². The third-order valence-corrected chi connectivity index (χ3v) is 7.38. The molecular formula is C25H22N4O5+2. The SMILES string of the molecule is O=C(Cc1ccccc1)C1C[N@@]2CC3C(=O)N(c4ccc([N+](=O)O)c5ccccc45)C(=O)[N+]13C2. The summed E-state index contributed by atoms with van der Waals surface area (Å²) in [6, 6.07) is 17.4. The number of urea groups is 1. The van der Waals surface area contributed by atoms with Gasteiger partial charge in [0.25, 0.3) is 10.8 Å². The van der Waals surface area contributed by atoms with Gasteiger partial charge in [0, 0.05) is 17.9 Å². The summed E-state index contributed by atoms with van der Waals surface area (Å²) in [4.78, 5) is 55.6. The minimum atomic E-state index is -0.640. The van der Waals surface area contributed by atoms with Crippen molar-refractivity contribution in [2.75, 3.05) is 24.7 Å². The van der Waals surface area contributed by atoms with Crippen LogP contribution in [0.15, 0.2) is 66.7 Å². The van der Waals surface area contributed by atoms with Crippen molar-refractivity contribution in [3.8, 4) is 0 Å². The third-order valence-electron chi connectivity index (χ3n) is 7.38. The summed E-state index contributed by atoms with van der Waals surface area (Å²) in [6.07, 6.45) is 0.209. The van der Waals surface area contributed by atoms with Crippen LogP contribution in [0.2, 0.25) is 0 Å². The first-order valence-electron chi connectivity index (χ1n) is 11.1. The van der Waals surface area contributed by atoms with E-state index >= 15 is 0 Å². The molecule has 1 N–H and O–H groups in total. The Bertz CT molecular complexity index is 1390. The van der Waals surface area contributed by atoms with Crippen LogP contribution in [0.3, 0.4) is 0 Å². The molecule has 2 bridgehead atoms. The molecule has 3 aliphatic rings. The molecule has 3 fully saturated rings. The van der Waals surface area contributed by atoms with Crippen molar-refractivity contribution >= 4 is 39.9 Å². The number of nitrogens with zero attached hydrogens (tertiary/aromatic N) is 4. The van der Waals surface area contributed by atoms with E-state index in [1.165, 1.54) is 17.0 Å². The van der Waals surface area contributed by atoms with Gasteiger partial charge < -0.3 is 0 Å². The molecule has 3 aliphatic heterocycles. The number of rotatable bonds is 5. The van der Waals surface area contributed by atoms with E-state index in [9.17, 15) is 24.5 Å². The lowest BCUT2D eigenvalue weighted by Gasteiger charge is -2.32. The number of Topliss-reactive ketones (excluding diaryl/α,β-unsaturated/α-hetero) is 1. The number of piperazine rings is 1. The van der Waals surface area contributed by atoms with Gasteiger partial charge in [0.05, 0.1) is 29.1 Å². The molecule has 3 amide bonds. The van der Waals surface area contributed by atoms with E-state index in [1.807, 2.05) is 35.2 Å². The predicted molar refractivity (Wildman–Crippen MR) is 121 cm³/mol. The van der Waals surface area contributed by atoms with E-state index in [4.69, 9.17) is 0 Å². The summed E-state index contributed by atoms with van der Waals surface area (Å²) in [5, 5.41) is 10.4. The second kappa shape index (κ2) is 7.28. The van der Waals surface area contributed by atoms with Gasteiger partial charge in [-0.1, -0.05) is 48.5 Å². The fourth-order valence-corrected chi connectivity index (χ4v) is 5.87. The summed E-state index contributed by atoms with van der Waals surface area (Å²) in [5.74, 6) is -0.394. The number of fused-ring (bicyclic) bond motifs is 2. The molecule has 170 valence electrons. The molecule has 0 radical (unpaired) electrons. The van der Waals surface area contributed by atoms with Crippen LogP contribution in [0.1, 0.15) is 5.56 Å². The molecule has 3 unspecified atom stereocenters. The van der Waals surface area contributed by atoms with E-state index < -0.39 is 18.1 Å². The van der Waals surface area contributed by atoms with E-state index in [1.54, 1.807) is 24.3 Å². The van der Waals surface area contributed by atoms with Gasteiger partial charge >= 0.3 is 11.7 Å². The Morgan fingerprint density at radius 1 is 0.971 bits per heavy atom. The Morgan fingerprint density at radius 3 is 2.41 bits per heavy atom. The molecular weight excluding hydrogens is 436 g/mol. The molecule has 3 saturated heterocycles. The quantitative estimate of drug-likeness (QED) is 0.359. The number of benzene rings is 3. The zero-order valence-electron chi connectivity index (χ0n) is 18.2. The Kier molecular flexibility index (Phi) is 4.42. The molecule has 3 aromatic rings. The molecule has 6 rings (SSSR count). The fraction of sp³-hybridized carbons (Fsp3) is 0.240. The number of hydrogen-bond donors (Lipinski definition) is 1. The van der Waals surface area contributed by atoms with Crippen molar-refractivity contribution in [2.45, 2.75) is 18.5 Å². The van der Waals surface area contributed by atoms with Gasteiger partial charge in [-0.15, -0.1) is 0 Å². The smallest absolute Gasteiger partial charge is 0.293 e. The van der Waals surface area contributed by atoms with Crippen molar-refractivity contribution in [1.82, 2.24) is 4.90 Å². The molecule has 1 spiro atoms. The number of amides is 3. The van der Waals surface area contributed by atoms with Crippen molar-refractivity contribution in [3.63, 3.8) is 0 Å². The lowest BCUT2D eigenvalue weighted by atomic mass is 9.99. The minimum absolute atomic E-state index is 0.0225. The highest BCUT2D eigenvalue weighted by atomic mass is 16.6. The number of imide groups is 1. The Balaban J connectivity index is 1.42. The van der Waals surface area contributed by atoms with Gasteiger partial charge in [-0.3, -0.25) is 9.59 Å². The molecule has 0 saturated carbocycles. The van der Waals surface area contributed by atoms with Crippen molar-refractivity contribution in [3.05, 3.63) is 77.2 Å². The molecule has 3 aromatic carbocycles. The predicted octanol–water partition coefficient (Wildman–Crippen LogP) is 2.76. The topological polar surface area (TPSA) is 98.0 Å². The van der Waals surface area contributed by atoms with Gasteiger partial charge in [0.2, 0.25) is 0 Å². The fourth-order valence-electron chi connectivity index (χ4n) is 5.87. The standard InChI is InChI=1S/C25H22N4O5/c30-23(12-16-6-2-1-3-7-16)21-13-26-14-22-24(31)27(25(32)29(21,22)15-26)19-10-11-20(28(33)34)18-9-5-4-8-17(18)19/h1-11,21-22H,12-15H2,(H,33,34)/q+2. The first kappa shape index (κ1) is 20.6. The van der Waals surface area contributed by atoms with Crippen LogP contribution >= 0.6 is 0 Å². The molecule has 9 heteroatoms. The summed E-state index contributed by atoms with van der Waals surface area (Å²) in [6.45, 7) is 1.21. The zero-order chi connectivity index (χ0) is 23.6. The molecule has 9 nitrogen and oxygen atoms in total. The van der Waals surface area contributed by atoms with Crippen LogP contribution in [0.5, 0.6) is 0 Å². The highest BCUT2D eigenvalue weighted by molar-refractivity contribution is 6.22. The minimum Gasteiger partial charge on any atom is -0.293 e. The summed E-state index contributed by atoms with van der Waals surface area (Å²) >= 11 is 0. The molecule has 0 aromatic heterocycles. The average Bonchev–Trinajstić information content (AvgIpc) is 3.47. The molecule has 3 heterocycles. The van der Waals surface area contributed by atoms with Gasteiger partial charge in [0.15, 0.2) is 17.9 Å². The highest BCUT2D eigenvalue weighted by Crippen LogP contribution is 2.45. The lowest BCUT2D eigenvalue weighted by molar-refractivity contribution is -0.852. The zero-order valence-corrected chi connectivity index (χ0v) is 18.2. The summed E-state index contributed by atoms with van der Waals surface area (Å²) < 4.78 is -0.200. The van der Waals surface area contributed by atoms with Crippen LogP contribution < -0.4 is 4.90 Å². The second-order valence-electron chi connectivity index (χ2n) is 9.15. The Hall–Kier alpha value is -3.95. The number of carbonyl (C=O) groups excluding carboxylic acids is 3. The normalized spacial score (nSPS) is 27.4. The van der Waals surface area contributed by atoms with Crippen molar-refractivity contribution in [1.29, 1.82) is 0 Å². The molecule has 4 atom stereocenters. The second-order valence-corrected chi connectivity index (χ2v) is 9.15. The maximum Gasteiger partial charge on any atom is 0.433 e. The van der Waals surface area contributed by atoms with Crippen LogP contribution in [0.25, 0.3) is 10.8 Å². The van der Waals surface area contributed by atoms with Gasteiger partial charge in [0.1, 0.15) is 6.67 Å². The number of ketones is 1. The number of carbonyl (C=O) groups is 3. The number of anilines is 1. The first-order chi connectivity index (χ1) is 16.4. The average molecular weight is 458 g/mol. The van der Waals surface area contributed by atoms with E-state index in [0.717, 1.165) is 5.56 Å². The molecule has 0 aliphatic carbocycles. The summed E-state index contributed by atoms with van der Waals surface area (Å²) in [7, 11) is 0. The van der Waals surface area contributed by atoms with Gasteiger partial charge in [-0.2, -0.15) is 4.90 Å². The first-order valence-corrected chi connectivity index (χ1v) is 11.1. The largest absolute Gasteiger partial charge is 0.433 e. The maximum atomic E-state index is 14.0. The number of hydrogen-bond acceptors (Lipinski definition) is 5. The van der Waals surface area contributed by atoms with Gasteiger partial charge in [-0.25, -0.2) is 19.4 Å². The molecule has 34 heavy (non-hydrogen) atoms. The Morgan fingerprint density at radius 2 is 1.68 bits per heavy atom. The lowest BCUT2D eigenvalue weighted by Crippen LogP contribution is -2.62. The van der Waals surface area contributed by atoms with Crippen LogP contribution in [0, 0.1) is 4.91 Å². The highest BCUT2D eigenvalue weighted by Gasteiger charge is 2.73. The van der Waals surface area contributed by atoms with E-state index in [2.05, 4.69) is 0 Å². The Labute approximate surface area is 194 Å². The van der Waals surface area contributed by atoms with Crippen LogP contribution in [-0.4, -0.2) is 69.1 Å². The van der Waals surface area contributed by atoms with Gasteiger partial charge in [-0.05, 0) is 17.7 Å². The van der Waals surface area contributed by atoms with E-state index in [0.29, 0.717) is 36.2 Å². The van der Waals surface area contributed by atoms with E-state index in [-0.39, 0.29) is 33.2 Å².